The third kappa shape index (κ3) is 4.59. The minimum Gasteiger partial charge on any atom is -0.462 e. The summed E-state index contributed by atoms with van der Waals surface area (Å²) in [6.07, 6.45) is 3.07. The first-order chi connectivity index (χ1) is 19.9. The molecule has 0 radical (unpaired) electrons. The van der Waals surface area contributed by atoms with Crippen LogP contribution in [0, 0.1) is 13.8 Å². The minimum atomic E-state index is -0.478. The Labute approximate surface area is 235 Å². The van der Waals surface area contributed by atoms with Gasteiger partial charge < -0.3 is 10.1 Å². The highest BCUT2D eigenvalue weighted by Crippen LogP contribution is 2.30. The lowest BCUT2D eigenvalue weighted by Crippen LogP contribution is -2.13. The molecule has 0 aliphatic heterocycles. The lowest BCUT2D eigenvalue weighted by Gasteiger charge is -2.12. The van der Waals surface area contributed by atoms with Crippen molar-refractivity contribution in [2.75, 3.05) is 11.9 Å². The number of pyridine rings is 1. The number of aryl methyl sites for hydroxylation is 2. The van der Waals surface area contributed by atoms with Crippen LogP contribution in [0.25, 0.3) is 39.1 Å². The number of para-hydroxylation sites is 1. The van der Waals surface area contributed by atoms with Crippen molar-refractivity contribution in [3.05, 3.63) is 95.6 Å². The number of hydrogen-bond acceptors (Lipinski definition) is 7. The monoisotopic (exact) mass is 545 g/mol. The zero-order valence-corrected chi connectivity index (χ0v) is 23.0. The van der Waals surface area contributed by atoms with Crippen molar-refractivity contribution in [2.24, 2.45) is 7.05 Å². The second kappa shape index (κ2) is 10.3. The Hall–Kier alpha value is -5.38. The van der Waals surface area contributed by atoms with Crippen LogP contribution in [0.15, 0.2) is 73.1 Å². The highest BCUT2D eigenvalue weighted by atomic mass is 16.5. The van der Waals surface area contributed by atoms with Crippen LogP contribution >= 0.6 is 0 Å². The summed E-state index contributed by atoms with van der Waals surface area (Å²) in [5.41, 5.74) is 7.45. The maximum atomic E-state index is 13.7. The summed E-state index contributed by atoms with van der Waals surface area (Å²) in [5, 5.41) is 12.7. The molecule has 0 aliphatic rings. The topological polar surface area (TPSA) is 116 Å². The average molecular weight is 546 g/mol. The smallest absolute Gasteiger partial charge is 0.343 e. The number of amides is 1. The predicted molar refractivity (Wildman–Crippen MR) is 156 cm³/mol. The summed E-state index contributed by atoms with van der Waals surface area (Å²) in [6.45, 7) is 5.94. The maximum Gasteiger partial charge on any atom is 0.343 e. The average Bonchev–Trinajstić information content (AvgIpc) is 3.52. The van der Waals surface area contributed by atoms with Gasteiger partial charge in [0.25, 0.3) is 5.91 Å². The van der Waals surface area contributed by atoms with Gasteiger partial charge in [0.15, 0.2) is 5.65 Å². The van der Waals surface area contributed by atoms with Crippen LogP contribution in [0.1, 0.15) is 39.0 Å². The first-order valence-electron chi connectivity index (χ1n) is 13.2. The molecular weight excluding hydrogens is 518 g/mol. The van der Waals surface area contributed by atoms with Crippen molar-refractivity contribution in [3.63, 3.8) is 0 Å². The van der Waals surface area contributed by atoms with E-state index in [4.69, 9.17) is 9.72 Å². The molecule has 10 heteroatoms. The number of aromatic nitrogens is 6. The Balaban J connectivity index is 1.37. The summed E-state index contributed by atoms with van der Waals surface area (Å²) < 4.78 is 8.55. The summed E-state index contributed by atoms with van der Waals surface area (Å²) in [7, 11) is 1.89. The van der Waals surface area contributed by atoms with E-state index in [0.29, 0.717) is 28.3 Å². The molecule has 6 aromatic rings. The summed E-state index contributed by atoms with van der Waals surface area (Å²) in [4.78, 5) is 35.3. The van der Waals surface area contributed by atoms with Gasteiger partial charge in [-0.2, -0.15) is 10.2 Å². The molecule has 4 aromatic heterocycles. The molecule has 1 amide bonds. The standard InChI is InChI=1S/C31H27N7O3/c1-5-41-31(40)24-17-33-38-27(13-14-32-29(24)38)20-9-8-10-21(15-20)34-30(39)23-16-26(28-18(2)36-37(4)19(28)3)35-25-12-7-6-11-22(23)25/h6-17H,5H2,1-4H3,(H,34,39). The van der Waals surface area contributed by atoms with E-state index in [2.05, 4.69) is 20.5 Å². The molecule has 1 N–H and O–H groups in total. The molecular formula is C31H27N7O3. The number of esters is 1. The van der Waals surface area contributed by atoms with Crippen molar-refractivity contribution >= 4 is 34.1 Å². The molecule has 2 aromatic carbocycles. The molecule has 10 nitrogen and oxygen atoms in total. The van der Waals surface area contributed by atoms with Gasteiger partial charge in [0, 0.05) is 41.1 Å². The molecule has 0 aliphatic carbocycles. The Kier molecular flexibility index (Phi) is 6.50. The zero-order chi connectivity index (χ0) is 28.7. The number of nitrogens with one attached hydrogen (secondary N) is 1. The van der Waals surface area contributed by atoms with Gasteiger partial charge in [-0.3, -0.25) is 9.48 Å². The lowest BCUT2D eigenvalue weighted by molar-refractivity contribution is 0.0528. The molecule has 0 spiro atoms. The fourth-order valence-corrected chi connectivity index (χ4v) is 5.05. The fourth-order valence-electron chi connectivity index (χ4n) is 5.05. The molecule has 6 rings (SSSR count). The van der Waals surface area contributed by atoms with Crippen molar-refractivity contribution in [2.45, 2.75) is 20.8 Å². The van der Waals surface area contributed by atoms with Crippen LogP contribution in [0.3, 0.4) is 0 Å². The van der Waals surface area contributed by atoms with Crippen molar-refractivity contribution in [1.29, 1.82) is 0 Å². The van der Waals surface area contributed by atoms with Gasteiger partial charge in [0.2, 0.25) is 0 Å². The molecule has 0 atom stereocenters. The van der Waals surface area contributed by atoms with E-state index >= 15 is 0 Å². The van der Waals surface area contributed by atoms with Crippen LogP contribution in [-0.4, -0.2) is 47.8 Å². The minimum absolute atomic E-state index is 0.257. The Morgan fingerprint density at radius 3 is 2.61 bits per heavy atom. The van der Waals surface area contributed by atoms with Gasteiger partial charge in [-0.15, -0.1) is 0 Å². The molecule has 204 valence electrons. The number of nitrogens with zero attached hydrogens (tertiary/aromatic N) is 6. The SMILES string of the molecule is CCOC(=O)c1cnn2c(-c3cccc(NC(=O)c4cc(-c5c(C)nn(C)c5C)nc5ccccc45)c3)ccnc12. The van der Waals surface area contributed by atoms with Crippen molar-refractivity contribution in [3.8, 4) is 22.5 Å². The number of carbonyl (C=O) groups excluding carboxylic acids is 2. The molecule has 0 unspecified atom stereocenters. The van der Waals surface area contributed by atoms with E-state index in [0.717, 1.165) is 33.4 Å². The third-order valence-electron chi connectivity index (χ3n) is 7.04. The highest BCUT2D eigenvalue weighted by Gasteiger charge is 2.20. The van der Waals surface area contributed by atoms with Gasteiger partial charge >= 0.3 is 5.97 Å². The lowest BCUT2D eigenvalue weighted by atomic mass is 10.0. The van der Waals surface area contributed by atoms with E-state index in [9.17, 15) is 9.59 Å². The maximum absolute atomic E-state index is 13.7. The van der Waals surface area contributed by atoms with E-state index in [1.807, 2.05) is 80.2 Å². The van der Waals surface area contributed by atoms with Crippen LogP contribution in [0.5, 0.6) is 0 Å². The Morgan fingerprint density at radius 1 is 1.00 bits per heavy atom. The van der Waals surface area contributed by atoms with Gasteiger partial charge in [0.05, 0.1) is 41.0 Å². The van der Waals surface area contributed by atoms with Crippen molar-refractivity contribution < 1.29 is 14.3 Å². The van der Waals surface area contributed by atoms with E-state index in [1.165, 1.54) is 6.20 Å². The number of benzene rings is 2. The van der Waals surface area contributed by atoms with Crippen LogP contribution in [0.2, 0.25) is 0 Å². The largest absolute Gasteiger partial charge is 0.462 e. The van der Waals surface area contributed by atoms with E-state index in [-0.39, 0.29) is 18.1 Å². The third-order valence-corrected chi connectivity index (χ3v) is 7.04. The molecule has 0 saturated carbocycles. The number of ether oxygens (including phenoxy) is 1. The van der Waals surface area contributed by atoms with Crippen LogP contribution in [-0.2, 0) is 11.8 Å². The Morgan fingerprint density at radius 2 is 1.83 bits per heavy atom. The summed E-state index contributed by atoms with van der Waals surface area (Å²) in [6, 6.07) is 18.7. The normalized spacial score (nSPS) is 11.2. The molecule has 0 fully saturated rings. The van der Waals surface area contributed by atoms with Gasteiger partial charge in [-0.05, 0) is 51.1 Å². The van der Waals surface area contributed by atoms with Gasteiger partial charge in [-0.1, -0.05) is 30.3 Å². The number of fused-ring (bicyclic) bond motifs is 2. The van der Waals surface area contributed by atoms with Crippen LogP contribution in [0.4, 0.5) is 5.69 Å². The quantitative estimate of drug-likeness (QED) is 0.279. The van der Waals surface area contributed by atoms with Crippen LogP contribution < -0.4 is 5.32 Å². The summed E-state index contributed by atoms with van der Waals surface area (Å²) >= 11 is 0. The summed E-state index contributed by atoms with van der Waals surface area (Å²) in [5.74, 6) is -0.737. The number of carbonyl (C=O) groups is 2. The van der Waals surface area contributed by atoms with Gasteiger partial charge in [0.1, 0.15) is 5.56 Å². The zero-order valence-electron chi connectivity index (χ0n) is 23.0. The molecule has 4 heterocycles. The highest BCUT2D eigenvalue weighted by molar-refractivity contribution is 6.13. The second-order valence-corrected chi connectivity index (χ2v) is 9.62. The number of anilines is 1. The van der Waals surface area contributed by atoms with Gasteiger partial charge in [-0.25, -0.2) is 19.3 Å². The fraction of sp³-hybridized carbons (Fsp3) is 0.161. The second-order valence-electron chi connectivity index (χ2n) is 9.62. The molecule has 41 heavy (non-hydrogen) atoms. The van der Waals surface area contributed by atoms with E-state index < -0.39 is 5.97 Å². The number of rotatable bonds is 6. The first-order valence-corrected chi connectivity index (χ1v) is 13.2. The van der Waals surface area contributed by atoms with Crippen molar-refractivity contribution in [1.82, 2.24) is 29.4 Å². The molecule has 0 saturated heterocycles. The molecule has 0 bridgehead atoms. The number of hydrogen-bond donors (Lipinski definition) is 1. The first kappa shape index (κ1) is 25.9. The Bertz CT molecular complexity index is 1970. The predicted octanol–water partition coefficient (Wildman–Crippen LogP) is 5.39. The van der Waals surface area contributed by atoms with E-state index in [1.54, 1.807) is 23.7 Å².